The van der Waals surface area contributed by atoms with Crippen LogP contribution in [0.3, 0.4) is 0 Å². The highest BCUT2D eigenvalue weighted by atomic mass is 16.5. The molecular weight excluding hydrogens is 380 g/mol. The summed E-state index contributed by atoms with van der Waals surface area (Å²) in [4.78, 5) is 24.8. The molecule has 2 amide bonds. The Morgan fingerprint density at radius 3 is 2.77 bits per heavy atom. The zero-order valence-corrected chi connectivity index (χ0v) is 17.9. The first kappa shape index (κ1) is 21.8. The summed E-state index contributed by atoms with van der Waals surface area (Å²) in [6, 6.07) is 12.9. The van der Waals surface area contributed by atoms with Crippen molar-refractivity contribution in [3.63, 3.8) is 0 Å². The van der Waals surface area contributed by atoms with E-state index in [1.807, 2.05) is 25.1 Å². The van der Waals surface area contributed by atoms with Crippen LogP contribution in [0.15, 0.2) is 42.5 Å². The summed E-state index contributed by atoms with van der Waals surface area (Å²) < 4.78 is 11.3. The Kier molecular flexibility index (Phi) is 7.46. The van der Waals surface area contributed by atoms with Gasteiger partial charge in [0, 0.05) is 24.4 Å². The van der Waals surface area contributed by atoms with Gasteiger partial charge in [-0.25, -0.2) is 0 Å². The fourth-order valence-corrected chi connectivity index (χ4v) is 3.44. The second-order valence-electron chi connectivity index (χ2n) is 7.96. The minimum atomic E-state index is -0.275. The first-order chi connectivity index (χ1) is 14.4. The molecule has 1 atom stereocenters. The Balaban J connectivity index is 1.55. The van der Waals surface area contributed by atoms with Crippen molar-refractivity contribution in [3.8, 4) is 5.75 Å². The number of ether oxygens (including phenoxy) is 2. The molecule has 0 spiro atoms. The van der Waals surface area contributed by atoms with Crippen molar-refractivity contribution in [2.24, 2.45) is 0 Å². The fraction of sp³-hybridized carbons (Fsp3) is 0.417. The predicted molar refractivity (Wildman–Crippen MR) is 117 cm³/mol. The molecule has 1 heterocycles. The molecule has 2 aromatic rings. The predicted octanol–water partition coefficient (Wildman–Crippen LogP) is 4.04. The van der Waals surface area contributed by atoms with Gasteiger partial charge in [-0.2, -0.15) is 0 Å². The second-order valence-corrected chi connectivity index (χ2v) is 7.96. The second kappa shape index (κ2) is 10.3. The molecule has 0 radical (unpaired) electrons. The lowest BCUT2D eigenvalue weighted by atomic mass is 10.0. The highest BCUT2D eigenvalue weighted by Gasteiger charge is 2.17. The first-order valence-electron chi connectivity index (χ1n) is 10.5. The molecule has 0 aromatic heterocycles. The minimum Gasteiger partial charge on any atom is -0.483 e. The van der Waals surface area contributed by atoms with Crippen LogP contribution in [0.5, 0.6) is 5.75 Å². The Hall–Kier alpha value is -2.86. The summed E-state index contributed by atoms with van der Waals surface area (Å²) in [5.74, 6) is 0.568. The molecular formula is C24H30N2O4. The topological polar surface area (TPSA) is 76.7 Å². The van der Waals surface area contributed by atoms with E-state index < -0.39 is 0 Å². The van der Waals surface area contributed by atoms with Crippen LogP contribution in [0, 0.1) is 6.92 Å². The minimum absolute atomic E-state index is 0.0892. The molecule has 160 valence electrons. The van der Waals surface area contributed by atoms with Crippen molar-refractivity contribution in [1.29, 1.82) is 0 Å². The number of aryl methyl sites for hydroxylation is 1. The maximum absolute atomic E-state index is 12.4. The van der Waals surface area contributed by atoms with Crippen molar-refractivity contribution in [2.75, 3.05) is 25.1 Å². The highest BCUT2D eigenvalue weighted by Crippen LogP contribution is 2.27. The quantitative estimate of drug-likeness (QED) is 0.688. The molecule has 1 aliphatic rings. The number of hydrogen-bond donors (Lipinski definition) is 2. The highest BCUT2D eigenvalue weighted by molar-refractivity contribution is 5.97. The summed E-state index contributed by atoms with van der Waals surface area (Å²) in [7, 11) is 0. The van der Waals surface area contributed by atoms with E-state index in [4.69, 9.17) is 9.47 Å². The Bertz CT molecular complexity index is 889. The van der Waals surface area contributed by atoms with Gasteiger partial charge < -0.3 is 20.1 Å². The van der Waals surface area contributed by atoms with Crippen LogP contribution in [-0.4, -0.2) is 37.7 Å². The third-order valence-corrected chi connectivity index (χ3v) is 5.07. The van der Waals surface area contributed by atoms with E-state index in [0.717, 1.165) is 36.3 Å². The third kappa shape index (κ3) is 6.07. The number of carbonyl (C=O) groups excluding carboxylic acids is 2. The number of nitrogens with one attached hydrogen (secondary N) is 2. The van der Waals surface area contributed by atoms with Crippen molar-refractivity contribution in [1.82, 2.24) is 5.32 Å². The average molecular weight is 411 g/mol. The number of benzene rings is 2. The number of carbonyl (C=O) groups is 2. The summed E-state index contributed by atoms with van der Waals surface area (Å²) in [6.07, 6.45) is 2.09. The van der Waals surface area contributed by atoms with Gasteiger partial charge in [0.15, 0.2) is 6.61 Å². The zero-order valence-electron chi connectivity index (χ0n) is 17.9. The molecule has 2 aromatic carbocycles. The summed E-state index contributed by atoms with van der Waals surface area (Å²) in [6.45, 7) is 7.33. The van der Waals surface area contributed by atoms with E-state index in [9.17, 15) is 9.59 Å². The standard InChI is InChI=1S/C24H30N2O4/c1-16(2)21-10-9-17(3)12-22(21)30-15-23(27)26-19-7-4-6-18(13-19)24(28)25-14-20-8-5-11-29-20/h4,6-7,9-10,12-13,16,20H,5,8,11,14-15H2,1-3H3,(H,25,28)(H,26,27). The molecule has 3 rings (SSSR count). The summed E-state index contributed by atoms with van der Waals surface area (Å²) in [5, 5.41) is 5.69. The summed E-state index contributed by atoms with van der Waals surface area (Å²) >= 11 is 0. The maximum atomic E-state index is 12.4. The van der Waals surface area contributed by atoms with Gasteiger partial charge in [0.1, 0.15) is 5.75 Å². The molecule has 1 aliphatic heterocycles. The van der Waals surface area contributed by atoms with Crippen molar-refractivity contribution in [3.05, 3.63) is 59.2 Å². The van der Waals surface area contributed by atoms with Crippen LogP contribution >= 0.6 is 0 Å². The maximum Gasteiger partial charge on any atom is 0.262 e. The van der Waals surface area contributed by atoms with E-state index in [1.54, 1.807) is 24.3 Å². The lowest BCUT2D eigenvalue weighted by Gasteiger charge is -2.15. The molecule has 1 unspecified atom stereocenters. The number of hydrogen-bond acceptors (Lipinski definition) is 4. The van der Waals surface area contributed by atoms with E-state index in [-0.39, 0.29) is 24.5 Å². The Morgan fingerprint density at radius 2 is 2.03 bits per heavy atom. The molecule has 0 bridgehead atoms. The molecule has 1 fully saturated rings. The lowest BCUT2D eigenvalue weighted by molar-refractivity contribution is -0.118. The molecule has 1 saturated heterocycles. The molecule has 30 heavy (non-hydrogen) atoms. The lowest BCUT2D eigenvalue weighted by Crippen LogP contribution is -2.31. The molecule has 6 heteroatoms. The van der Waals surface area contributed by atoms with Crippen LogP contribution in [0.4, 0.5) is 5.69 Å². The van der Waals surface area contributed by atoms with E-state index in [0.29, 0.717) is 23.7 Å². The number of rotatable bonds is 8. The molecule has 2 N–H and O–H groups in total. The Labute approximate surface area is 178 Å². The van der Waals surface area contributed by atoms with Gasteiger partial charge >= 0.3 is 0 Å². The first-order valence-corrected chi connectivity index (χ1v) is 10.5. The number of amides is 2. The summed E-state index contributed by atoms with van der Waals surface area (Å²) in [5.41, 5.74) is 3.20. The van der Waals surface area contributed by atoms with E-state index in [1.165, 1.54) is 0 Å². The average Bonchev–Trinajstić information content (AvgIpc) is 3.24. The van der Waals surface area contributed by atoms with Crippen LogP contribution < -0.4 is 15.4 Å². The van der Waals surface area contributed by atoms with E-state index in [2.05, 4.69) is 24.5 Å². The van der Waals surface area contributed by atoms with Crippen molar-refractivity contribution >= 4 is 17.5 Å². The molecule has 0 saturated carbocycles. The van der Waals surface area contributed by atoms with Gasteiger partial charge in [-0.05, 0) is 61.1 Å². The van der Waals surface area contributed by atoms with Crippen LogP contribution in [0.2, 0.25) is 0 Å². The van der Waals surface area contributed by atoms with Crippen LogP contribution in [0.1, 0.15) is 54.1 Å². The molecule has 6 nitrogen and oxygen atoms in total. The smallest absolute Gasteiger partial charge is 0.262 e. The van der Waals surface area contributed by atoms with Gasteiger partial charge in [-0.3, -0.25) is 9.59 Å². The monoisotopic (exact) mass is 410 g/mol. The fourth-order valence-electron chi connectivity index (χ4n) is 3.44. The van der Waals surface area contributed by atoms with Crippen LogP contribution in [0.25, 0.3) is 0 Å². The normalized spacial score (nSPS) is 15.8. The SMILES string of the molecule is Cc1ccc(C(C)C)c(OCC(=O)Nc2cccc(C(=O)NCC3CCCO3)c2)c1. The Morgan fingerprint density at radius 1 is 1.20 bits per heavy atom. The largest absolute Gasteiger partial charge is 0.483 e. The third-order valence-electron chi connectivity index (χ3n) is 5.07. The van der Waals surface area contributed by atoms with Gasteiger partial charge in [-0.15, -0.1) is 0 Å². The van der Waals surface area contributed by atoms with Crippen LogP contribution in [-0.2, 0) is 9.53 Å². The van der Waals surface area contributed by atoms with E-state index >= 15 is 0 Å². The van der Waals surface area contributed by atoms with Crippen molar-refractivity contribution < 1.29 is 19.1 Å². The van der Waals surface area contributed by atoms with Gasteiger partial charge in [-0.1, -0.05) is 32.0 Å². The van der Waals surface area contributed by atoms with Gasteiger partial charge in [0.25, 0.3) is 11.8 Å². The zero-order chi connectivity index (χ0) is 21.5. The molecule has 0 aliphatic carbocycles. The van der Waals surface area contributed by atoms with Gasteiger partial charge in [0.05, 0.1) is 6.10 Å². The van der Waals surface area contributed by atoms with Gasteiger partial charge in [0.2, 0.25) is 0 Å². The number of anilines is 1. The van der Waals surface area contributed by atoms with Crippen molar-refractivity contribution in [2.45, 2.75) is 45.6 Å².